The smallest absolute Gasteiger partial charge is 0.277 e. The highest BCUT2D eigenvalue weighted by Crippen LogP contribution is 2.26. The number of hydrazone groups is 1. The van der Waals surface area contributed by atoms with E-state index in [1.54, 1.807) is 6.21 Å². The summed E-state index contributed by atoms with van der Waals surface area (Å²) in [5, 5.41) is 6.20. The molecule has 4 aromatic rings. The molecule has 0 aliphatic heterocycles. The maximum Gasteiger partial charge on any atom is 0.277 e. The number of fused-ring (bicyclic) bond motifs is 1. The van der Waals surface area contributed by atoms with Crippen molar-refractivity contribution in [1.29, 1.82) is 0 Å². The normalized spacial score (nSPS) is 10.9. The van der Waals surface area contributed by atoms with Gasteiger partial charge in [0.15, 0.2) is 6.61 Å². The van der Waals surface area contributed by atoms with Crippen molar-refractivity contribution in [2.75, 3.05) is 13.2 Å². The third kappa shape index (κ3) is 5.13. The van der Waals surface area contributed by atoms with Gasteiger partial charge in [0.25, 0.3) is 5.91 Å². The van der Waals surface area contributed by atoms with Gasteiger partial charge in [-0.1, -0.05) is 72.8 Å². The third-order valence-electron chi connectivity index (χ3n) is 4.94. The second-order valence-corrected chi connectivity index (χ2v) is 7.10. The van der Waals surface area contributed by atoms with Gasteiger partial charge in [-0.2, -0.15) is 5.10 Å². The maximum atomic E-state index is 12.2. The number of ether oxygens (including phenoxy) is 2. The highest BCUT2D eigenvalue weighted by atomic mass is 16.5. The van der Waals surface area contributed by atoms with Gasteiger partial charge >= 0.3 is 0 Å². The molecule has 5 heteroatoms. The van der Waals surface area contributed by atoms with Gasteiger partial charge in [-0.15, -0.1) is 0 Å². The van der Waals surface area contributed by atoms with E-state index in [2.05, 4.69) is 10.5 Å². The van der Waals surface area contributed by atoms with E-state index in [4.69, 9.17) is 9.47 Å². The highest BCUT2D eigenvalue weighted by Gasteiger charge is 2.07. The average Bonchev–Trinajstić information content (AvgIpc) is 2.85. The Morgan fingerprint density at radius 1 is 0.844 bits per heavy atom. The minimum Gasteiger partial charge on any atom is -0.493 e. The summed E-state index contributed by atoms with van der Waals surface area (Å²) in [4.78, 5) is 12.2. The van der Waals surface area contributed by atoms with Crippen LogP contribution >= 0.6 is 0 Å². The lowest BCUT2D eigenvalue weighted by Crippen LogP contribution is -2.24. The first kappa shape index (κ1) is 21.1. The number of carbonyl (C=O) groups excluding carboxylic acids is 1. The Balaban J connectivity index is 1.37. The van der Waals surface area contributed by atoms with Crippen molar-refractivity contribution in [3.8, 4) is 22.6 Å². The zero-order chi connectivity index (χ0) is 22.2. The Kier molecular flexibility index (Phi) is 6.78. The second-order valence-electron chi connectivity index (χ2n) is 7.10. The Labute approximate surface area is 187 Å². The van der Waals surface area contributed by atoms with Crippen LogP contribution in [0.5, 0.6) is 11.5 Å². The molecule has 0 radical (unpaired) electrons. The second kappa shape index (κ2) is 10.3. The number of hydrogen-bond donors (Lipinski definition) is 1. The fourth-order valence-corrected chi connectivity index (χ4v) is 3.41. The summed E-state index contributed by atoms with van der Waals surface area (Å²) < 4.78 is 11.3. The molecule has 0 aliphatic carbocycles. The SMILES string of the molecule is CCOc1ccc2ccccc2c1C=NNC(=O)COc1ccc(-c2ccccc2)cc1. The number of rotatable bonds is 8. The molecule has 1 amide bonds. The summed E-state index contributed by atoms with van der Waals surface area (Å²) in [5.74, 6) is 1.00. The Hall–Kier alpha value is -4.12. The molecule has 4 aromatic carbocycles. The zero-order valence-electron chi connectivity index (χ0n) is 17.8. The molecule has 0 spiro atoms. The van der Waals surface area contributed by atoms with Gasteiger partial charge in [-0.05, 0) is 47.0 Å². The van der Waals surface area contributed by atoms with E-state index in [0.29, 0.717) is 12.4 Å². The van der Waals surface area contributed by atoms with Crippen LogP contribution in [0.4, 0.5) is 0 Å². The first-order chi connectivity index (χ1) is 15.7. The van der Waals surface area contributed by atoms with Crippen molar-refractivity contribution in [3.05, 3.63) is 96.6 Å². The Morgan fingerprint density at radius 3 is 2.34 bits per heavy atom. The highest BCUT2D eigenvalue weighted by molar-refractivity contribution is 6.02. The lowest BCUT2D eigenvalue weighted by Gasteiger charge is -2.10. The van der Waals surface area contributed by atoms with Gasteiger partial charge in [-0.25, -0.2) is 5.43 Å². The summed E-state index contributed by atoms with van der Waals surface area (Å²) in [5.41, 5.74) is 5.57. The van der Waals surface area contributed by atoms with E-state index in [9.17, 15) is 4.79 Å². The molecular weight excluding hydrogens is 400 g/mol. The van der Waals surface area contributed by atoms with E-state index in [1.165, 1.54) is 0 Å². The predicted molar refractivity (Wildman–Crippen MR) is 128 cm³/mol. The molecule has 0 unspecified atom stereocenters. The summed E-state index contributed by atoms with van der Waals surface area (Å²) >= 11 is 0. The van der Waals surface area contributed by atoms with Gasteiger partial charge in [0.2, 0.25) is 0 Å². The van der Waals surface area contributed by atoms with Gasteiger partial charge in [0, 0.05) is 5.56 Å². The number of amides is 1. The minimum atomic E-state index is -0.341. The maximum absolute atomic E-state index is 12.2. The van der Waals surface area contributed by atoms with Crippen LogP contribution in [0, 0.1) is 0 Å². The van der Waals surface area contributed by atoms with Crippen LogP contribution in [-0.2, 0) is 4.79 Å². The molecule has 32 heavy (non-hydrogen) atoms. The zero-order valence-corrected chi connectivity index (χ0v) is 17.8. The molecule has 4 rings (SSSR count). The fourth-order valence-electron chi connectivity index (χ4n) is 3.41. The molecule has 5 nitrogen and oxygen atoms in total. The van der Waals surface area contributed by atoms with Crippen molar-refractivity contribution in [3.63, 3.8) is 0 Å². The van der Waals surface area contributed by atoms with E-state index in [1.807, 2.05) is 97.9 Å². The molecule has 0 saturated heterocycles. The standard InChI is InChI=1S/C27H24N2O3/c1-2-31-26-17-14-22-10-6-7-11-24(22)25(26)18-28-29-27(30)19-32-23-15-12-21(13-16-23)20-8-4-3-5-9-20/h3-18H,2,19H2,1H3,(H,29,30). The number of benzene rings is 4. The fraction of sp³-hybridized carbons (Fsp3) is 0.111. The van der Waals surface area contributed by atoms with Gasteiger partial charge in [-0.3, -0.25) is 4.79 Å². The molecule has 1 N–H and O–H groups in total. The topological polar surface area (TPSA) is 59.9 Å². The van der Waals surface area contributed by atoms with E-state index in [-0.39, 0.29) is 12.5 Å². The largest absolute Gasteiger partial charge is 0.493 e. The van der Waals surface area contributed by atoms with Crippen LogP contribution < -0.4 is 14.9 Å². The molecule has 0 saturated carbocycles. The van der Waals surface area contributed by atoms with Crippen LogP contribution in [0.25, 0.3) is 21.9 Å². The first-order valence-corrected chi connectivity index (χ1v) is 10.5. The summed E-state index contributed by atoms with van der Waals surface area (Å²) in [7, 11) is 0. The monoisotopic (exact) mass is 424 g/mol. The number of nitrogens with one attached hydrogen (secondary N) is 1. The molecule has 160 valence electrons. The third-order valence-corrected chi connectivity index (χ3v) is 4.94. The van der Waals surface area contributed by atoms with Crippen molar-refractivity contribution < 1.29 is 14.3 Å². The van der Waals surface area contributed by atoms with Crippen molar-refractivity contribution >= 4 is 22.9 Å². The van der Waals surface area contributed by atoms with Crippen LogP contribution in [0.3, 0.4) is 0 Å². The van der Waals surface area contributed by atoms with Crippen molar-refractivity contribution in [2.24, 2.45) is 5.10 Å². The Morgan fingerprint density at radius 2 is 1.56 bits per heavy atom. The lowest BCUT2D eigenvalue weighted by molar-refractivity contribution is -0.123. The van der Waals surface area contributed by atoms with E-state index < -0.39 is 0 Å². The van der Waals surface area contributed by atoms with Crippen molar-refractivity contribution in [2.45, 2.75) is 6.92 Å². The van der Waals surface area contributed by atoms with E-state index in [0.717, 1.165) is 33.2 Å². The van der Waals surface area contributed by atoms with Crippen LogP contribution in [0.15, 0.2) is 96.1 Å². The van der Waals surface area contributed by atoms with Crippen molar-refractivity contribution in [1.82, 2.24) is 5.43 Å². The Bertz CT molecular complexity index is 1220. The average molecular weight is 425 g/mol. The van der Waals surface area contributed by atoms with Gasteiger partial charge < -0.3 is 9.47 Å². The van der Waals surface area contributed by atoms with E-state index >= 15 is 0 Å². The predicted octanol–water partition coefficient (Wildman–Crippen LogP) is 5.43. The van der Waals surface area contributed by atoms with Gasteiger partial charge in [0.05, 0.1) is 12.8 Å². The number of nitrogens with zero attached hydrogens (tertiary/aromatic N) is 1. The molecule has 0 aliphatic rings. The quantitative estimate of drug-likeness (QED) is 0.303. The van der Waals surface area contributed by atoms with Crippen LogP contribution in [0.1, 0.15) is 12.5 Å². The van der Waals surface area contributed by atoms with Crippen LogP contribution in [0.2, 0.25) is 0 Å². The molecule has 0 aromatic heterocycles. The summed E-state index contributed by atoms with van der Waals surface area (Å²) in [6, 6.07) is 29.6. The molecule has 0 heterocycles. The molecule has 0 fully saturated rings. The molecule has 0 bridgehead atoms. The first-order valence-electron chi connectivity index (χ1n) is 10.5. The summed E-state index contributed by atoms with van der Waals surface area (Å²) in [6.45, 7) is 2.35. The van der Waals surface area contributed by atoms with Crippen LogP contribution in [-0.4, -0.2) is 25.3 Å². The lowest BCUT2D eigenvalue weighted by atomic mass is 10.0. The number of hydrogen-bond acceptors (Lipinski definition) is 4. The molecular formula is C27H24N2O3. The van der Waals surface area contributed by atoms with Gasteiger partial charge in [0.1, 0.15) is 11.5 Å². The minimum absolute atomic E-state index is 0.129. The molecule has 0 atom stereocenters. The summed E-state index contributed by atoms with van der Waals surface area (Å²) in [6.07, 6.45) is 1.61. The number of carbonyl (C=O) groups is 1.